The van der Waals surface area contributed by atoms with Gasteiger partial charge in [-0.2, -0.15) is 0 Å². The Morgan fingerprint density at radius 3 is 3.00 bits per heavy atom. The first-order valence-corrected chi connectivity index (χ1v) is 6.64. The first-order chi connectivity index (χ1) is 9.70. The van der Waals surface area contributed by atoms with Crippen LogP contribution in [0.2, 0.25) is 0 Å². The monoisotopic (exact) mass is 269 g/mol. The van der Waals surface area contributed by atoms with Crippen molar-refractivity contribution >= 4 is 28.3 Å². The smallest absolute Gasteiger partial charge is 0.250 e. The zero-order valence-corrected chi connectivity index (χ0v) is 11.2. The Morgan fingerprint density at radius 1 is 1.35 bits per heavy atom. The number of piperazine rings is 1. The molecule has 1 unspecified atom stereocenters. The molecule has 0 bridgehead atoms. The van der Waals surface area contributed by atoms with Gasteiger partial charge in [0.2, 0.25) is 11.8 Å². The Hall–Kier alpha value is -2.43. The third-order valence-electron chi connectivity index (χ3n) is 3.56. The predicted octanol–water partition coefficient (Wildman–Crippen LogP) is 1.48. The van der Waals surface area contributed by atoms with Gasteiger partial charge in [0, 0.05) is 23.2 Å². The molecular formula is C15H15N3O2. The number of fused-ring (bicyclic) bond motifs is 1. The number of benzene rings is 1. The number of pyridine rings is 1. The molecule has 102 valence electrons. The van der Waals surface area contributed by atoms with Gasteiger partial charge in [0.05, 0.1) is 5.69 Å². The van der Waals surface area contributed by atoms with Crippen LogP contribution in [-0.2, 0) is 9.59 Å². The largest absolute Gasteiger partial charge is 0.343 e. The zero-order chi connectivity index (χ0) is 14.1. The summed E-state index contributed by atoms with van der Waals surface area (Å²) in [7, 11) is 0. The van der Waals surface area contributed by atoms with Crippen molar-refractivity contribution in [3.8, 4) is 0 Å². The van der Waals surface area contributed by atoms with Gasteiger partial charge in [-0.05, 0) is 18.6 Å². The fraction of sp³-hybridized carbons (Fsp3) is 0.267. The maximum atomic E-state index is 12.4. The van der Waals surface area contributed by atoms with Crippen LogP contribution in [0, 0.1) is 0 Å². The highest BCUT2D eigenvalue weighted by molar-refractivity contribution is 6.11. The standard InChI is InChI=1S/C15H15N3O2/c1-2-12-15(20)18(9-14(19)17-12)13-5-3-4-10-8-16-7-6-11(10)13/h3-8,12H,2,9H2,1H3,(H,17,19). The maximum Gasteiger partial charge on any atom is 0.250 e. The van der Waals surface area contributed by atoms with E-state index in [-0.39, 0.29) is 18.4 Å². The Bertz CT molecular complexity index is 678. The molecule has 1 aromatic carbocycles. The van der Waals surface area contributed by atoms with Crippen molar-refractivity contribution < 1.29 is 9.59 Å². The van der Waals surface area contributed by atoms with E-state index in [1.54, 1.807) is 17.3 Å². The van der Waals surface area contributed by atoms with Crippen LogP contribution >= 0.6 is 0 Å². The van der Waals surface area contributed by atoms with E-state index in [1.807, 2.05) is 31.2 Å². The van der Waals surface area contributed by atoms with Crippen molar-refractivity contribution in [3.05, 3.63) is 36.7 Å². The molecule has 5 nitrogen and oxygen atoms in total. The Kier molecular flexibility index (Phi) is 3.10. The minimum Gasteiger partial charge on any atom is -0.343 e. The summed E-state index contributed by atoms with van der Waals surface area (Å²) in [5.74, 6) is -0.182. The van der Waals surface area contributed by atoms with Crippen LogP contribution < -0.4 is 10.2 Å². The summed E-state index contributed by atoms with van der Waals surface area (Å²) in [6.07, 6.45) is 4.04. The van der Waals surface area contributed by atoms with Crippen molar-refractivity contribution in [1.82, 2.24) is 10.3 Å². The molecule has 0 radical (unpaired) electrons. The van der Waals surface area contributed by atoms with Gasteiger partial charge in [-0.3, -0.25) is 14.6 Å². The van der Waals surface area contributed by atoms with Gasteiger partial charge in [-0.1, -0.05) is 19.1 Å². The minimum atomic E-state index is -0.437. The number of amides is 2. The van der Waals surface area contributed by atoms with Crippen LogP contribution in [0.3, 0.4) is 0 Å². The zero-order valence-electron chi connectivity index (χ0n) is 11.2. The third kappa shape index (κ3) is 2.01. The molecule has 3 rings (SSSR count). The van der Waals surface area contributed by atoms with Gasteiger partial charge in [0.15, 0.2) is 0 Å². The van der Waals surface area contributed by atoms with Crippen LogP contribution in [0.15, 0.2) is 36.7 Å². The van der Waals surface area contributed by atoms with E-state index in [0.29, 0.717) is 6.42 Å². The number of rotatable bonds is 2. The number of aromatic nitrogens is 1. The Morgan fingerprint density at radius 2 is 2.20 bits per heavy atom. The molecule has 0 spiro atoms. The topological polar surface area (TPSA) is 62.3 Å². The van der Waals surface area contributed by atoms with E-state index >= 15 is 0 Å². The summed E-state index contributed by atoms with van der Waals surface area (Å²) in [5.41, 5.74) is 0.767. The highest BCUT2D eigenvalue weighted by Gasteiger charge is 2.32. The van der Waals surface area contributed by atoms with Gasteiger partial charge >= 0.3 is 0 Å². The third-order valence-corrected chi connectivity index (χ3v) is 3.56. The fourth-order valence-corrected chi connectivity index (χ4v) is 2.53. The van der Waals surface area contributed by atoms with Crippen molar-refractivity contribution in [3.63, 3.8) is 0 Å². The van der Waals surface area contributed by atoms with Crippen LogP contribution in [0.5, 0.6) is 0 Å². The van der Waals surface area contributed by atoms with E-state index in [1.165, 1.54) is 0 Å². The maximum absolute atomic E-state index is 12.4. The molecule has 1 saturated heterocycles. The molecule has 0 saturated carbocycles. The molecule has 1 aromatic heterocycles. The molecular weight excluding hydrogens is 254 g/mol. The highest BCUT2D eigenvalue weighted by Crippen LogP contribution is 2.27. The SMILES string of the molecule is CCC1NC(=O)CN(c2cccc3cnccc23)C1=O. The second kappa shape index (κ2) is 4.92. The summed E-state index contributed by atoms with van der Waals surface area (Å²) < 4.78 is 0. The highest BCUT2D eigenvalue weighted by atomic mass is 16.2. The molecule has 2 aromatic rings. The second-order valence-corrected chi connectivity index (χ2v) is 4.83. The molecule has 0 aliphatic carbocycles. The number of nitrogens with zero attached hydrogens (tertiary/aromatic N) is 2. The van der Waals surface area contributed by atoms with E-state index in [0.717, 1.165) is 16.5 Å². The van der Waals surface area contributed by atoms with Gasteiger partial charge < -0.3 is 10.2 Å². The quantitative estimate of drug-likeness (QED) is 0.898. The molecule has 2 amide bonds. The number of hydrogen-bond donors (Lipinski definition) is 1. The lowest BCUT2D eigenvalue weighted by Gasteiger charge is -2.32. The van der Waals surface area contributed by atoms with Gasteiger partial charge in [-0.15, -0.1) is 0 Å². The number of nitrogens with one attached hydrogen (secondary N) is 1. The molecule has 5 heteroatoms. The molecule has 1 N–H and O–H groups in total. The van der Waals surface area contributed by atoms with Crippen molar-refractivity contribution in [1.29, 1.82) is 0 Å². The summed E-state index contributed by atoms with van der Waals surface area (Å²) in [5, 5.41) is 4.61. The summed E-state index contributed by atoms with van der Waals surface area (Å²) in [4.78, 5) is 29.9. The Balaban J connectivity index is 2.10. The van der Waals surface area contributed by atoms with Crippen LogP contribution in [0.4, 0.5) is 5.69 Å². The van der Waals surface area contributed by atoms with E-state index in [9.17, 15) is 9.59 Å². The van der Waals surface area contributed by atoms with Crippen molar-refractivity contribution in [2.24, 2.45) is 0 Å². The van der Waals surface area contributed by atoms with Crippen LogP contribution in [0.1, 0.15) is 13.3 Å². The number of carbonyl (C=O) groups is 2. The first-order valence-electron chi connectivity index (χ1n) is 6.64. The van der Waals surface area contributed by atoms with E-state index < -0.39 is 6.04 Å². The van der Waals surface area contributed by atoms with Crippen molar-refractivity contribution in [2.45, 2.75) is 19.4 Å². The van der Waals surface area contributed by atoms with Crippen molar-refractivity contribution in [2.75, 3.05) is 11.4 Å². The first kappa shape index (κ1) is 12.6. The van der Waals surface area contributed by atoms with E-state index in [2.05, 4.69) is 10.3 Å². The van der Waals surface area contributed by atoms with E-state index in [4.69, 9.17) is 0 Å². The molecule has 1 atom stereocenters. The van der Waals surface area contributed by atoms with Gasteiger partial charge in [0.25, 0.3) is 0 Å². The number of anilines is 1. The van der Waals surface area contributed by atoms with Crippen LogP contribution in [-0.4, -0.2) is 29.4 Å². The Labute approximate surface area is 116 Å². The van der Waals surface area contributed by atoms with Gasteiger partial charge in [-0.25, -0.2) is 0 Å². The minimum absolute atomic E-state index is 0.0589. The molecule has 1 aliphatic rings. The van der Waals surface area contributed by atoms with Gasteiger partial charge in [0.1, 0.15) is 12.6 Å². The molecule has 2 heterocycles. The lowest BCUT2D eigenvalue weighted by molar-refractivity contribution is -0.131. The predicted molar refractivity (Wildman–Crippen MR) is 76.3 cm³/mol. The average molecular weight is 269 g/mol. The normalized spacial score (nSPS) is 19.2. The lowest BCUT2D eigenvalue weighted by Crippen LogP contribution is -2.58. The number of hydrogen-bond acceptors (Lipinski definition) is 3. The average Bonchev–Trinajstić information content (AvgIpc) is 2.48. The molecule has 1 fully saturated rings. The molecule has 20 heavy (non-hydrogen) atoms. The van der Waals surface area contributed by atoms with Crippen LogP contribution in [0.25, 0.3) is 10.8 Å². The summed E-state index contributed by atoms with van der Waals surface area (Å²) in [6, 6.07) is 7.11. The fourth-order valence-electron chi connectivity index (χ4n) is 2.53. The summed E-state index contributed by atoms with van der Waals surface area (Å²) in [6.45, 7) is 1.95. The number of carbonyl (C=O) groups excluding carboxylic acids is 2. The molecule has 1 aliphatic heterocycles. The summed E-state index contributed by atoms with van der Waals surface area (Å²) >= 11 is 0. The lowest BCUT2D eigenvalue weighted by atomic mass is 10.1. The second-order valence-electron chi connectivity index (χ2n) is 4.83.